The Morgan fingerprint density at radius 3 is 2.48 bits per heavy atom. The zero-order chi connectivity index (χ0) is 23.2. The van der Waals surface area contributed by atoms with Gasteiger partial charge < -0.3 is 19.7 Å². The Bertz CT molecular complexity index is 1080. The monoisotopic (exact) mass is 464 g/mol. The molecule has 4 rings (SSSR count). The maximum Gasteiger partial charge on any atom is 0.255 e. The van der Waals surface area contributed by atoms with Gasteiger partial charge in [0, 0.05) is 34.5 Å². The summed E-state index contributed by atoms with van der Waals surface area (Å²) in [7, 11) is 1.56. The molecule has 33 heavy (non-hydrogen) atoms. The summed E-state index contributed by atoms with van der Waals surface area (Å²) in [5.41, 5.74) is 3.45. The zero-order valence-electron chi connectivity index (χ0n) is 19.0. The third-order valence-corrected chi connectivity index (χ3v) is 6.25. The van der Waals surface area contributed by atoms with Crippen molar-refractivity contribution in [1.29, 1.82) is 0 Å². The van der Waals surface area contributed by atoms with E-state index in [1.807, 2.05) is 36.4 Å². The van der Waals surface area contributed by atoms with Crippen LogP contribution >= 0.6 is 11.6 Å². The van der Waals surface area contributed by atoms with Crippen molar-refractivity contribution in [2.45, 2.75) is 38.8 Å². The predicted octanol–water partition coefficient (Wildman–Crippen LogP) is 6.56. The molecule has 1 saturated heterocycles. The number of rotatable bonds is 7. The Morgan fingerprint density at radius 1 is 1.03 bits per heavy atom. The quantitative estimate of drug-likeness (QED) is 0.430. The van der Waals surface area contributed by atoms with Gasteiger partial charge >= 0.3 is 0 Å². The predicted molar refractivity (Wildman–Crippen MR) is 134 cm³/mol. The minimum atomic E-state index is -0.198. The highest BCUT2D eigenvalue weighted by Gasteiger charge is 2.18. The second-order valence-corrected chi connectivity index (χ2v) is 8.76. The molecule has 1 unspecified atom stereocenters. The lowest BCUT2D eigenvalue weighted by Crippen LogP contribution is -2.37. The molecule has 6 heteroatoms. The summed E-state index contributed by atoms with van der Waals surface area (Å²) in [6.07, 6.45) is 3.74. The van der Waals surface area contributed by atoms with Crippen LogP contribution in [0.2, 0.25) is 5.02 Å². The lowest BCUT2D eigenvalue weighted by atomic mass is 10.0. The molecule has 1 heterocycles. The summed E-state index contributed by atoms with van der Waals surface area (Å²) in [6.45, 7) is 3.73. The van der Waals surface area contributed by atoms with Crippen molar-refractivity contribution in [2.24, 2.45) is 0 Å². The summed E-state index contributed by atoms with van der Waals surface area (Å²) in [5, 5.41) is 3.65. The maximum atomic E-state index is 12.8. The molecule has 3 aromatic rings. The van der Waals surface area contributed by atoms with Gasteiger partial charge in [-0.15, -0.1) is 0 Å². The van der Waals surface area contributed by atoms with Crippen LogP contribution in [0.15, 0.2) is 66.7 Å². The van der Waals surface area contributed by atoms with Gasteiger partial charge in [0.2, 0.25) is 0 Å². The van der Waals surface area contributed by atoms with Crippen molar-refractivity contribution in [3.63, 3.8) is 0 Å². The average Bonchev–Trinajstić information content (AvgIpc) is 2.84. The molecule has 1 atom stereocenters. The van der Waals surface area contributed by atoms with Crippen LogP contribution in [-0.4, -0.2) is 25.6 Å². The minimum Gasteiger partial charge on any atom is -0.493 e. The van der Waals surface area contributed by atoms with E-state index in [-0.39, 0.29) is 5.91 Å². The number of halogens is 1. The summed E-state index contributed by atoms with van der Waals surface area (Å²) < 4.78 is 11.3. The SMILES string of the molecule is COc1cc(C(=O)Nc2ccc(N3CCCCC3C)cc2)ccc1OCc1ccc(Cl)cc1. The number of nitrogens with zero attached hydrogens (tertiary/aromatic N) is 1. The van der Waals surface area contributed by atoms with Gasteiger partial charge in [-0.1, -0.05) is 23.7 Å². The smallest absolute Gasteiger partial charge is 0.255 e. The van der Waals surface area contributed by atoms with Crippen LogP contribution in [0.3, 0.4) is 0 Å². The number of amides is 1. The van der Waals surface area contributed by atoms with E-state index >= 15 is 0 Å². The molecule has 0 aliphatic carbocycles. The number of benzene rings is 3. The van der Waals surface area contributed by atoms with Gasteiger partial charge in [-0.3, -0.25) is 4.79 Å². The van der Waals surface area contributed by atoms with Crippen LogP contribution in [-0.2, 0) is 6.61 Å². The van der Waals surface area contributed by atoms with Gasteiger partial charge in [-0.2, -0.15) is 0 Å². The van der Waals surface area contributed by atoms with Gasteiger partial charge in [-0.25, -0.2) is 0 Å². The van der Waals surface area contributed by atoms with Gasteiger partial charge in [-0.05, 0) is 86.3 Å². The van der Waals surface area contributed by atoms with Crippen molar-refractivity contribution in [3.05, 3.63) is 82.9 Å². The zero-order valence-corrected chi connectivity index (χ0v) is 19.8. The fraction of sp³-hybridized carbons (Fsp3) is 0.296. The molecule has 172 valence electrons. The Balaban J connectivity index is 1.40. The van der Waals surface area contributed by atoms with Gasteiger partial charge in [0.05, 0.1) is 7.11 Å². The number of anilines is 2. The number of carbonyl (C=O) groups excluding carboxylic acids is 1. The van der Waals surface area contributed by atoms with Crippen molar-refractivity contribution >= 4 is 28.9 Å². The third-order valence-electron chi connectivity index (χ3n) is 5.99. The van der Waals surface area contributed by atoms with Crippen molar-refractivity contribution in [3.8, 4) is 11.5 Å². The molecule has 3 aromatic carbocycles. The largest absolute Gasteiger partial charge is 0.493 e. The number of hydrogen-bond donors (Lipinski definition) is 1. The molecule has 1 aliphatic heterocycles. The molecule has 1 amide bonds. The van der Waals surface area contributed by atoms with Crippen LogP contribution < -0.4 is 19.7 Å². The average molecular weight is 465 g/mol. The van der Waals surface area contributed by atoms with E-state index in [2.05, 4.69) is 29.3 Å². The lowest BCUT2D eigenvalue weighted by Gasteiger charge is -2.35. The molecular formula is C27H29ClN2O3. The van der Waals surface area contributed by atoms with Gasteiger partial charge in [0.1, 0.15) is 6.61 Å². The molecular weight excluding hydrogens is 436 g/mol. The lowest BCUT2D eigenvalue weighted by molar-refractivity contribution is 0.102. The molecule has 0 radical (unpaired) electrons. The Hall–Kier alpha value is -3.18. The van der Waals surface area contributed by atoms with Crippen LogP contribution in [0.1, 0.15) is 42.1 Å². The molecule has 1 aliphatic rings. The second-order valence-electron chi connectivity index (χ2n) is 8.32. The molecule has 0 bridgehead atoms. The first-order valence-electron chi connectivity index (χ1n) is 11.3. The van der Waals surface area contributed by atoms with E-state index in [1.54, 1.807) is 25.3 Å². The van der Waals surface area contributed by atoms with E-state index in [9.17, 15) is 4.79 Å². The highest BCUT2D eigenvalue weighted by Crippen LogP contribution is 2.30. The standard InChI is InChI=1S/C27H29ClN2O3/c1-19-5-3-4-16-30(19)24-13-11-23(12-14-24)29-27(31)21-8-15-25(26(17-21)32-2)33-18-20-6-9-22(28)10-7-20/h6-15,17,19H,3-5,16,18H2,1-2H3,(H,29,31). The number of nitrogens with one attached hydrogen (secondary N) is 1. The Morgan fingerprint density at radius 2 is 1.79 bits per heavy atom. The maximum absolute atomic E-state index is 12.8. The first kappa shape index (κ1) is 23.0. The van der Waals surface area contributed by atoms with Crippen LogP contribution in [0, 0.1) is 0 Å². The topological polar surface area (TPSA) is 50.8 Å². The molecule has 1 fully saturated rings. The van der Waals surface area contributed by atoms with E-state index in [4.69, 9.17) is 21.1 Å². The van der Waals surface area contributed by atoms with Gasteiger partial charge in [0.25, 0.3) is 5.91 Å². The second kappa shape index (κ2) is 10.6. The number of piperidine rings is 1. The molecule has 0 spiro atoms. The molecule has 0 aromatic heterocycles. The Kier molecular flexibility index (Phi) is 7.40. The normalized spacial score (nSPS) is 15.7. The fourth-order valence-corrected chi connectivity index (χ4v) is 4.22. The summed E-state index contributed by atoms with van der Waals surface area (Å²) in [4.78, 5) is 15.2. The fourth-order valence-electron chi connectivity index (χ4n) is 4.09. The molecule has 5 nitrogen and oxygen atoms in total. The van der Waals surface area contributed by atoms with Crippen LogP contribution in [0.4, 0.5) is 11.4 Å². The first-order valence-corrected chi connectivity index (χ1v) is 11.6. The summed E-state index contributed by atoms with van der Waals surface area (Å²) in [6, 6.07) is 21.3. The number of methoxy groups -OCH3 is 1. The van der Waals surface area contributed by atoms with E-state index < -0.39 is 0 Å². The van der Waals surface area contributed by atoms with Crippen molar-refractivity contribution in [2.75, 3.05) is 23.9 Å². The van der Waals surface area contributed by atoms with E-state index in [1.165, 1.54) is 24.9 Å². The van der Waals surface area contributed by atoms with Crippen LogP contribution in [0.25, 0.3) is 0 Å². The highest BCUT2D eigenvalue weighted by atomic mass is 35.5. The minimum absolute atomic E-state index is 0.198. The van der Waals surface area contributed by atoms with E-state index in [0.717, 1.165) is 17.8 Å². The van der Waals surface area contributed by atoms with Crippen molar-refractivity contribution in [1.82, 2.24) is 0 Å². The molecule has 1 N–H and O–H groups in total. The highest BCUT2D eigenvalue weighted by molar-refractivity contribution is 6.30. The molecule has 0 saturated carbocycles. The third kappa shape index (κ3) is 5.79. The Labute approximate surface area is 200 Å². The van der Waals surface area contributed by atoms with Crippen LogP contribution in [0.5, 0.6) is 11.5 Å². The van der Waals surface area contributed by atoms with E-state index in [0.29, 0.717) is 34.7 Å². The number of carbonyl (C=O) groups is 1. The summed E-state index contributed by atoms with van der Waals surface area (Å²) >= 11 is 5.93. The summed E-state index contributed by atoms with van der Waals surface area (Å²) in [5.74, 6) is 0.881. The van der Waals surface area contributed by atoms with Crippen molar-refractivity contribution < 1.29 is 14.3 Å². The number of ether oxygens (including phenoxy) is 2. The number of hydrogen-bond acceptors (Lipinski definition) is 4. The van der Waals surface area contributed by atoms with Gasteiger partial charge in [0.15, 0.2) is 11.5 Å². The first-order chi connectivity index (χ1) is 16.0.